The van der Waals surface area contributed by atoms with Crippen LogP contribution in [0.2, 0.25) is 0 Å². The lowest BCUT2D eigenvalue weighted by atomic mass is 9.85. The quantitative estimate of drug-likeness (QED) is 0.498. The van der Waals surface area contributed by atoms with E-state index in [1.54, 1.807) is 63.2 Å². The molecule has 3 aromatic rings. The maximum Gasteiger partial charge on any atom is 0.240 e. The van der Waals surface area contributed by atoms with Crippen LogP contribution in [-0.4, -0.2) is 27.7 Å². The van der Waals surface area contributed by atoms with E-state index in [9.17, 15) is 15.0 Å². The molecular weight excluding hydrogens is 366 g/mol. The Bertz CT molecular complexity index is 1110. The molecule has 0 aliphatic carbocycles. The number of Topliss-reactive ketones (excluding diaryl/α,β-unsaturated/α-hetero) is 1. The minimum absolute atomic E-state index is 0.0422. The van der Waals surface area contributed by atoms with Crippen molar-refractivity contribution in [3.8, 4) is 46.7 Å². The minimum Gasteiger partial charge on any atom is -0.503 e. The van der Waals surface area contributed by atoms with Crippen molar-refractivity contribution in [3.63, 3.8) is 0 Å². The van der Waals surface area contributed by atoms with Crippen LogP contribution < -0.4 is 4.74 Å². The van der Waals surface area contributed by atoms with Gasteiger partial charge in [-0.05, 0) is 36.4 Å². The monoisotopic (exact) mass is 389 g/mol. The van der Waals surface area contributed by atoms with Gasteiger partial charge in [0, 0.05) is 22.2 Å². The zero-order valence-electron chi connectivity index (χ0n) is 16.9. The number of ether oxygens (including phenoxy) is 1. The van der Waals surface area contributed by atoms with E-state index in [1.165, 1.54) is 11.7 Å². The van der Waals surface area contributed by atoms with Gasteiger partial charge in [-0.1, -0.05) is 38.8 Å². The summed E-state index contributed by atoms with van der Waals surface area (Å²) in [7, 11) is 1.53. The molecule has 5 heteroatoms. The number of terminal acetylenes is 1. The molecule has 148 valence electrons. The van der Waals surface area contributed by atoms with E-state index in [-0.39, 0.29) is 11.3 Å². The summed E-state index contributed by atoms with van der Waals surface area (Å²) in [5.41, 5.74) is 1.41. The van der Waals surface area contributed by atoms with E-state index in [0.717, 1.165) is 0 Å². The number of para-hydroxylation sites is 1. The van der Waals surface area contributed by atoms with E-state index >= 15 is 0 Å². The van der Waals surface area contributed by atoms with Gasteiger partial charge in [-0.15, -0.1) is 6.42 Å². The molecule has 5 nitrogen and oxygen atoms in total. The molecule has 0 radical (unpaired) electrons. The number of benzene rings is 2. The van der Waals surface area contributed by atoms with Crippen LogP contribution in [0.4, 0.5) is 0 Å². The lowest BCUT2D eigenvalue weighted by Crippen LogP contribution is -2.21. The summed E-state index contributed by atoms with van der Waals surface area (Å²) >= 11 is 0. The fourth-order valence-electron chi connectivity index (χ4n) is 3.19. The molecule has 0 bridgehead atoms. The molecule has 0 saturated carbocycles. The topological polar surface area (TPSA) is 71.7 Å². The van der Waals surface area contributed by atoms with Crippen LogP contribution in [0, 0.1) is 17.8 Å². The normalized spacial score (nSPS) is 11.1. The lowest BCUT2D eigenvalue weighted by molar-refractivity contribution is 0.0856. The first-order chi connectivity index (χ1) is 13.7. The third-order valence-electron chi connectivity index (χ3n) is 4.68. The Labute approximate surface area is 170 Å². The van der Waals surface area contributed by atoms with Gasteiger partial charge in [0.1, 0.15) is 5.75 Å². The van der Waals surface area contributed by atoms with Crippen molar-refractivity contribution in [2.45, 2.75) is 20.8 Å². The minimum atomic E-state index is -0.778. The SMILES string of the molecule is C#Cc1ccc(-n2c(O)c(O)c(C(=O)C(C)(C)C)c2-c2ccccc2OC)cc1. The van der Waals surface area contributed by atoms with Gasteiger partial charge in [-0.3, -0.25) is 9.36 Å². The van der Waals surface area contributed by atoms with Gasteiger partial charge < -0.3 is 14.9 Å². The third-order valence-corrected chi connectivity index (χ3v) is 4.68. The predicted molar refractivity (Wildman–Crippen MR) is 113 cm³/mol. The summed E-state index contributed by atoms with van der Waals surface area (Å²) in [6.45, 7) is 5.28. The highest BCUT2D eigenvalue weighted by atomic mass is 16.5. The van der Waals surface area contributed by atoms with E-state index in [1.807, 2.05) is 6.07 Å². The van der Waals surface area contributed by atoms with Gasteiger partial charge in [-0.25, -0.2) is 0 Å². The third kappa shape index (κ3) is 3.45. The van der Waals surface area contributed by atoms with Crippen LogP contribution in [0.15, 0.2) is 48.5 Å². The van der Waals surface area contributed by atoms with Crippen LogP contribution in [0.25, 0.3) is 16.9 Å². The fraction of sp³-hybridized carbons (Fsp3) is 0.208. The molecule has 1 aromatic heterocycles. The molecule has 2 N–H and O–H groups in total. The second-order valence-electron chi connectivity index (χ2n) is 7.70. The maximum atomic E-state index is 13.2. The summed E-state index contributed by atoms with van der Waals surface area (Å²) in [4.78, 5) is 13.2. The Kier molecular flexibility index (Phi) is 5.13. The summed E-state index contributed by atoms with van der Waals surface area (Å²) in [6.07, 6.45) is 5.44. The number of ketones is 1. The maximum absolute atomic E-state index is 13.2. The number of aromatic nitrogens is 1. The van der Waals surface area contributed by atoms with Gasteiger partial charge in [0.2, 0.25) is 5.88 Å². The number of aromatic hydroxyl groups is 2. The number of hydrogen-bond donors (Lipinski definition) is 2. The number of methoxy groups -OCH3 is 1. The molecule has 0 aliphatic rings. The summed E-state index contributed by atoms with van der Waals surface area (Å²) in [6, 6.07) is 14.0. The van der Waals surface area contributed by atoms with Gasteiger partial charge in [0.15, 0.2) is 11.5 Å². The van der Waals surface area contributed by atoms with Gasteiger partial charge in [0.25, 0.3) is 0 Å². The highest BCUT2D eigenvalue weighted by molar-refractivity contribution is 6.08. The molecule has 0 fully saturated rings. The van der Waals surface area contributed by atoms with Gasteiger partial charge >= 0.3 is 0 Å². The average molecular weight is 389 g/mol. The molecule has 0 unspecified atom stereocenters. The number of rotatable bonds is 4. The molecule has 0 atom stereocenters. The fourth-order valence-corrected chi connectivity index (χ4v) is 3.19. The Morgan fingerprint density at radius 2 is 1.69 bits per heavy atom. The van der Waals surface area contributed by atoms with E-state index in [0.29, 0.717) is 28.3 Å². The molecular formula is C24H23NO4. The Morgan fingerprint density at radius 3 is 2.24 bits per heavy atom. The molecule has 0 amide bonds. The largest absolute Gasteiger partial charge is 0.503 e. The summed E-state index contributed by atoms with van der Waals surface area (Å²) in [5, 5.41) is 21.6. The molecule has 3 rings (SSSR count). The van der Waals surface area contributed by atoms with Crippen molar-refractivity contribution >= 4 is 5.78 Å². The number of carbonyl (C=O) groups is 1. The van der Waals surface area contributed by atoms with Crippen LogP contribution in [0.3, 0.4) is 0 Å². The summed E-state index contributed by atoms with van der Waals surface area (Å²) < 4.78 is 6.92. The van der Waals surface area contributed by atoms with Crippen molar-refractivity contribution in [3.05, 3.63) is 59.7 Å². The van der Waals surface area contributed by atoms with Crippen LogP contribution in [-0.2, 0) is 0 Å². The van der Waals surface area contributed by atoms with E-state index in [2.05, 4.69) is 5.92 Å². The van der Waals surface area contributed by atoms with E-state index in [4.69, 9.17) is 11.2 Å². The molecule has 2 aromatic carbocycles. The molecule has 0 saturated heterocycles. The highest BCUT2D eigenvalue weighted by Gasteiger charge is 2.35. The van der Waals surface area contributed by atoms with Crippen molar-refractivity contribution in [1.29, 1.82) is 0 Å². The van der Waals surface area contributed by atoms with Crippen molar-refractivity contribution in [2.24, 2.45) is 5.41 Å². The zero-order chi connectivity index (χ0) is 21.3. The second-order valence-corrected chi connectivity index (χ2v) is 7.70. The zero-order valence-corrected chi connectivity index (χ0v) is 16.9. The molecule has 1 heterocycles. The van der Waals surface area contributed by atoms with Crippen LogP contribution in [0.1, 0.15) is 36.7 Å². The van der Waals surface area contributed by atoms with Gasteiger partial charge in [0.05, 0.1) is 18.4 Å². The Morgan fingerprint density at radius 1 is 1.07 bits per heavy atom. The van der Waals surface area contributed by atoms with Crippen LogP contribution in [0.5, 0.6) is 17.4 Å². The number of hydrogen-bond acceptors (Lipinski definition) is 4. The van der Waals surface area contributed by atoms with E-state index < -0.39 is 17.0 Å². The standard InChI is InChI=1S/C24H23NO4/c1-6-15-11-13-16(14-12-15)25-20(17-9-7-8-10-18(17)29-5)19(21(26)23(25)28)22(27)24(2,3)4/h1,7-14,26,28H,2-5H3. The Hall–Kier alpha value is -3.65. The van der Waals surface area contributed by atoms with Crippen molar-refractivity contribution in [1.82, 2.24) is 4.57 Å². The molecule has 29 heavy (non-hydrogen) atoms. The first-order valence-corrected chi connectivity index (χ1v) is 9.12. The van der Waals surface area contributed by atoms with Crippen molar-refractivity contribution in [2.75, 3.05) is 7.11 Å². The summed E-state index contributed by atoms with van der Waals surface area (Å²) in [5.74, 6) is 1.86. The predicted octanol–water partition coefficient (Wildman–Crippen LogP) is 4.77. The first kappa shape index (κ1) is 20.1. The van der Waals surface area contributed by atoms with Crippen LogP contribution >= 0.6 is 0 Å². The lowest BCUT2D eigenvalue weighted by Gasteiger charge is -2.19. The molecule has 0 aliphatic heterocycles. The number of nitrogens with zero attached hydrogens (tertiary/aromatic N) is 1. The Balaban J connectivity index is 2.42. The van der Waals surface area contributed by atoms with Gasteiger partial charge in [-0.2, -0.15) is 0 Å². The highest BCUT2D eigenvalue weighted by Crippen LogP contribution is 2.47. The second kappa shape index (κ2) is 7.40. The average Bonchev–Trinajstić information content (AvgIpc) is 2.97. The first-order valence-electron chi connectivity index (χ1n) is 9.12. The smallest absolute Gasteiger partial charge is 0.240 e. The molecule has 0 spiro atoms. The number of carbonyl (C=O) groups excluding carboxylic acids is 1. The van der Waals surface area contributed by atoms with Crippen molar-refractivity contribution < 1.29 is 19.7 Å².